The van der Waals surface area contributed by atoms with E-state index in [1.807, 2.05) is 6.92 Å². The van der Waals surface area contributed by atoms with Gasteiger partial charge in [0.1, 0.15) is 0 Å². The van der Waals surface area contributed by atoms with Crippen molar-refractivity contribution < 1.29 is 13.2 Å². The lowest BCUT2D eigenvalue weighted by Gasteiger charge is -2.09. The molecule has 1 aromatic carbocycles. The molecule has 0 atom stereocenters. The average molecular weight is 286 g/mol. The number of urea groups is 1. The Balaban J connectivity index is 2.59. The lowest BCUT2D eigenvalue weighted by atomic mass is 10.3. The molecule has 0 aliphatic carbocycles. The van der Waals surface area contributed by atoms with E-state index in [-0.39, 0.29) is 11.7 Å². The smallest absolute Gasteiger partial charge is 0.319 e. The molecule has 0 aliphatic heterocycles. The molecule has 0 saturated carbocycles. The Morgan fingerprint density at radius 2 is 2.00 bits per heavy atom. The van der Waals surface area contributed by atoms with E-state index in [1.165, 1.54) is 12.1 Å². The number of nitrogens with one attached hydrogen (secondary N) is 3. The van der Waals surface area contributed by atoms with Crippen LogP contribution in [0.3, 0.4) is 0 Å². The van der Waals surface area contributed by atoms with Gasteiger partial charge in [-0.25, -0.2) is 9.93 Å². The first-order valence-corrected chi connectivity index (χ1v) is 7.41. The molecule has 19 heavy (non-hydrogen) atoms. The van der Waals surface area contributed by atoms with Crippen LogP contribution in [0.15, 0.2) is 24.3 Å². The summed E-state index contributed by atoms with van der Waals surface area (Å²) >= 11 is 0. The number of amides is 2. The molecule has 2 amide bonds. The van der Waals surface area contributed by atoms with Crippen molar-refractivity contribution in [3.05, 3.63) is 24.3 Å². The highest BCUT2D eigenvalue weighted by Crippen LogP contribution is 2.15. The maximum absolute atomic E-state index is 11.5. The highest BCUT2D eigenvalue weighted by Gasteiger charge is 2.04. The molecular weight excluding hydrogens is 268 g/mol. The summed E-state index contributed by atoms with van der Waals surface area (Å²) in [5, 5.41) is 10.1. The number of unbranched alkanes of at least 4 members (excludes halogenated alkanes) is 1. The maximum Gasteiger partial charge on any atom is 0.319 e. The quantitative estimate of drug-likeness (QED) is 0.590. The summed E-state index contributed by atoms with van der Waals surface area (Å²) < 4.78 is 23.9. The second-order valence-electron chi connectivity index (χ2n) is 3.96. The van der Waals surface area contributed by atoms with Crippen LogP contribution in [0.1, 0.15) is 19.8 Å². The van der Waals surface area contributed by atoms with Crippen LogP contribution in [0.4, 0.5) is 16.2 Å². The fourth-order valence-corrected chi connectivity index (χ4v) is 1.83. The monoisotopic (exact) mass is 286 g/mol. The normalized spacial score (nSPS) is 10.8. The molecule has 0 radical (unpaired) electrons. The van der Waals surface area contributed by atoms with E-state index in [0.717, 1.165) is 12.8 Å². The Hall–Kier alpha value is -1.80. The Labute approximate surface area is 112 Å². The van der Waals surface area contributed by atoms with E-state index >= 15 is 0 Å². The van der Waals surface area contributed by atoms with E-state index in [0.29, 0.717) is 12.2 Å². The second-order valence-corrected chi connectivity index (χ2v) is 5.26. The maximum atomic E-state index is 11.5. The standard InChI is InChI=1S/C11H18N4O3S/c1-2-3-7-13-11(16)14-9-5-4-6-10(8-9)15-19(12,17)18/h4-6,8,15H,2-3,7H2,1H3,(H2,12,17,18)(H2,13,14,16). The molecule has 0 fully saturated rings. The molecule has 0 aromatic heterocycles. The van der Waals surface area contributed by atoms with Crippen LogP contribution in [0, 0.1) is 0 Å². The summed E-state index contributed by atoms with van der Waals surface area (Å²) in [5.41, 5.74) is 0.761. The first-order valence-electron chi connectivity index (χ1n) is 5.86. The van der Waals surface area contributed by atoms with Crippen molar-refractivity contribution in [2.45, 2.75) is 19.8 Å². The second kappa shape index (κ2) is 6.95. The van der Waals surface area contributed by atoms with Crippen molar-refractivity contribution in [3.63, 3.8) is 0 Å². The molecule has 0 bridgehead atoms. The third kappa shape index (κ3) is 6.63. The molecule has 5 N–H and O–H groups in total. The van der Waals surface area contributed by atoms with Crippen molar-refractivity contribution >= 4 is 27.6 Å². The predicted octanol–water partition coefficient (Wildman–Crippen LogP) is 1.22. The Bertz CT molecular complexity index is 530. The van der Waals surface area contributed by atoms with Crippen LogP contribution >= 0.6 is 0 Å². The van der Waals surface area contributed by atoms with Crippen LogP contribution in [-0.2, 0) is 10.2 Å². The van der Waals surface area contributed by atoms with E-state index in [1.54, 1.807) is 12.1 Å². The van der Waals surface area contributed by atoms with Crippen molar-refractivity contribution in [1.82, 2.24) is 5.32 Å². The molecular formula is C11H18N4O3S. The Kier molecular flexibility index (Phi) is 5.58. The Morgan fingerprint density at radius 3 is 2.63 bits per heavy atom. The number of carbonyl (C=O) groups is 1. The molecule has 7 nitrogen and oxygen atoms in total. The van der Waals surface area contributed by atoms with Gasteiger partial charge in [-0.1, -0.05) is 19.4 Å². The zero-order chi connectivity index (χ0) is 14.3. The van der Waals surface area contributed by atoms with Crippen LogP contribution in [0.5, 0.6) is 0 Å². The van der Waals surface area contributed by atoms with Crippen molar-refractivity contribution in [1.29, 1.82) is 0 Å². The van der Waals surface area contributed by atoms with Gasteiger partial charge in [0.05, 0.1) is 5.69 Å². The number of carbonyl (C=O) groups excluding carboxylic acids is 1. The van der Waals surface area contributed by atoms with Gasteiger partial charge in [0.15, 0.2) is 0 Å². The van der Waals surface area contributed by atoms with Gasteiger partial charge in [-0.15, -0.1) is 0 Å². The van der Waals surface area contributed by atoms with Gasteiger partial charge >= 0.3 is 6.03 Å². The molecule has 0 heterocycles. The van der Waals surface area contributed by atoms with Crippen LogP contribution in [-0.4, -0.2) is 21.0 Å². The van der Waals surface area contributed by atoms with Gasteiger partial charge in [-0.05, 0) is 24.6 Å². The minimum Gasteiger partial charge on any atom is -0.338 e. The summed E-state index contributed by atoms with van der Waals surface area (Å²) in [5.74, 6) is 0. The first kappa shape index (κ1) is 15.3. The molecule has 1 aromatic rings. The van der Waals surface area contributed by atoms with E-state index in [9.17, 15) is 13.2 Å². The fourth-order valence-electron chi connectivity index (χ4n) is 1.38. The van der Waals surface area contributed by atoms with Crippen LogP contribution < -0.4 is 20.5 Å². The molecule has 106 valence electrons. The molecule has 0 aliphatic rings. The van der Waals surface area contributed by atoms with Gasteiger partial charge in [0.25, 0.3) is 10.2 Å². The summed E-state index contributed by atoms with van der Waals surface area (Å²) in [6.07, 6.45) is 1.90. The topological polar surface area (TPSA) is 113 Å². The van der Waals surface area contributed by atoms with Gasteiger partial charge in [-0.3, -0.25) is 4.72 Å². The minimum atomic E-state index is -3.82. The van der Waals surface area contributed by atoms with Gasteiger partial charge in [-0.2, -0.15) is 8.42 Å². The molecule has 1 rings (SSSR count). The SMILES string of the molecule is CCCCNC(=O)Nc1cccc(NS(N)(=O)=O)c1. The third-order valence-electron chi connectivity index (χ3n) is 2.20. The zero-order valence-corrected chi connectivity index (χ0v) is 11.5. The van der Waals surface area contributed by atoms with Crippen molar-refractivity contribution in [2.75, 3.05) is 16.6 Å². The highest BCUT2D eigenvalue weighted by atomic mass is 32.2. The molecule has 0 saturated heterocycles. The number of rotatable bonds is 6. The third-order valence-corrected chi connectivity index (χ3v) is 2.72. The number of hydrogen-bond donors (Lipinski definition) is 4. The van der Waals surface area contributed by atoms with Gasteiger partial charge < -0.3 is 10.6 Å². The lowest BCUT2D eigenvalue weighted by Crippen LogP contribution is -2.29. The average Bonchev–Trinajstić information content (AvgIpc) is 2.27. The number of anilines is 2. The fraction of sp³-hybridized carbons (Fsp3) is 0.364. The molecule has 0 spiro atoms. The number of benzene rings is 1. The van der Waals surface area contributed by atoms with E-state index in [2.05, 4.69) is 15.4 Å². The predicted molar refractivity (Wildman–Crippen MR) is 75.1 cm³/mol. The zero-order valence-electron chi connectivity index (χ0n) is 10.6. The van der Waals surface area contributed by atoms with Crippen molar-refractivity contribution in [3.8, 4) is 0 Å². The van der Waals surface area contributed by atoms with Gasteiger partial charge in [0, 0.05) is 12.2 Å². The van der Waals surface area contributed by atoms with Gasteiger partial charge in [0.2, 0.25) is 0 Å². The summed E-state index contributed by atoms with van der Waals surface area (Å²) in [6, 6.07) is 5.93. The lowest BCUT2D eigenvalue weighted by molar-refractivity contribution is 0.252. The summed E-state index contributed by atoms with van der Waals surface area (Å²) in [6.45, 7) is 2.62. The van der Waals surface area contributed by atoms with E-state index in [4.69, 9.17) is 5.14 Å². The highest BCUT2D eigenvalue weighted by molar-refractivity contribution is 7.90. The summed E-state index contributed by atoms with van der Waals surface area (Å²) in [4.78, 5) is 11.5. The minimum absolute atomic E-state index is 0.286. The van der Waals surface area contributed by atoms with Crippen LogP contribution in [0.2, 0.25) is 0 Å². The van der Waals surface area contributed by atoms with E-state index < -0.39 is 10.2 Å². The number of hydrogen-bond acceptors (Lipinski definition) is 3. The first-order chi connectivity index (χ1) is 8.90. The molecule has 8 heteroatoms. The summed E-state index contributed by atoms with van der Waals surface area (Å²) in [7, 11) is -3.82. The van der Waals surface area contributed by atoms with Crippen molar-refractivity contribution in [2.24, 2.45) is 5.14 Å². The largest absolute Gasteiger partial charge is 0.338 e. The number of nitrogens with two attached hydrogens (primary N) is 1. The van der Waals surface area contributed by atoms with Crippen LogP contribution in [0.25, 0.3) is 0 Å². The molecule has 0 unspecified atom stereocenters. The Morgan fingerprint density at radius 1 is 1.32 bits per heavy atom.